The SMILES string of the molecule is CCCCCCOC(=O)CCCC(=O)Oc1cccc(F)c1. The Morgan fingerprint density at radius 1 is 1.05 bits per heavy atom. The first kappa shape index (κ1) is 18.1. The molecule has 0 saturated carbocycles. The van der Waals surface area contributed by atoms with Crippen molar-refractivity contribution in [3.05, 3.63) is 30.1 Å². The second-order valence-corrected chi connectivity index (χ2v) is 5.07. The summed E-state index contributed by atoms with van der Waals surface area (Å²) in [6.45, 7) is 2.56. The Bertz CT molecular complexity index is 473. The largest absolute Gasteiger partial charge is 0.466 e. The van der Waals surface area contributed by atoms with Crippen LogP contribution < -0.4 is 4.74 Å². The van der Waals surface area contributed by atoms with Gasteiger partial charge in [-0.25, -0.2) is 4.39 Å². The number of unbranched alkanes of at least 4 members (excludes halogenated alkanes) is 3. The summed E-state index contributed by atoms with van der Waals surface area (Å²) < 4.78 is 23.0. The zero-order chi connectivity index (χ0) is 16.2. The number of halogens is 1. The van der Waals surface area contributed by atoms with Crippen molar-refractivity contribution in [3.63, 3.8) is 0 Å². The zero-order valence-electron chi connectivity index (χ0n) is 13.0. The Hall–Kier alpha value is -1.91. The molecule has 0 bridgehead atoms. The minimum absolute atomic E-state index is 0.0987. The van der Waals surface area contributed by atoms with E-state index >= 15 is 0 Å². The van der Waals surface area contributed by atoms with E-state index in [1.807, 2.05) is 0 Å². The lowest BCUT2D eigenvalue weighted by molar-refractivity contribution is -0.144. The van der Waals surface area contributed by atoms with Gasteiger partial charge in [0.05, 0.1) is 6.61 Å². The molecular weight excluding hydrogens is 287 g/mol. The Balaban J connectivity index is 2.10. The van der Waals surface area contributed by atoms with Crippen LogP contribution in [0.5, 0.6) is 5.75 Å². The Kier molecular flexibility index (Phi) is 8.88. The molecule has 0 aromatic heterocycles. The molecule has 0 N–H and O–H groups in total. The van der Waals surface area contributed by atoms with Gasteiger partial charge in [-0.1, -0.05) is 32.3 Å². The molecule has 0 unspecified atom stereocenters. The van der Waals surface area contributed by atoms with Crippen molar-refractivity contribution in [2.45, 2.75) is 51.9 Å². The number of carbonyl (C=O) groups excluding carboxylic acids is 2. The van der Waals surface area contributed by atoms with Crippen molar-refractivity contribution in [2.75, 3.05) is 6.61 Å². The quantitative estimate of drug-likeness (QED) is 0.372. The average molecular weight is 310 g/mol. The summed E-state index contributed by atoms with van der Waals surface area (Å²) in [6.07, 6.45) is 4.87. The number of hydrogen-bond acceptors (Lipinski definition) is 4. The Morgan fingerprint density at radius 2 is 1.82 bits per heavy atom. The first-order chi connectivity index (χ1) is 10.6. The average Bonchev–Trinajstić information content (AvgIpc) is 2.47. The van der Waals surface area contributed by atoms with Gasteiger partial charge >= 0.3 is 11.9 Å². The fourth-order valence-corrected chi connectivity index (χ4v) is 1.88. The normalized spacial score (nSPS) is 10.3. The number of hydrogen-bond donors (Lipinski definition) is 0. The van der Waals surface area contributed by atoms with E-state index in [9.17, 15) is 14.0 Å². The minimum Gasteiger partial charge on any atom is -0.466 e. The molecule has 0 amide bonds. The third-order valence-electron chi connectivity index (χ3n) is 3.05. The molecule has 0 spiro atoms. The molecule has 0 aliphatic carbocycles. The second-order valence-electron chi connectivity index (χ2n) is 5.07. The third kappa shape index (κ3) is 8.39. The zero-order valence-corrected chi connectivity index (χ0v) is 13.0. The highest BCUT2D eigenvalue weighted by Gasteiger charge is 2.08. The van der Waals surface area contributed by atoms with Gasteiger partial charge < -0.3 is 9.47 Å². The predicted molar refractivity (Wildman–Crippen MR) is 81.0 cm³/mol. The van der Waals surface area contributed by atoms with E-state index in [0.717, 1.165) is 31.7 Å². The van der Waals surface area contributed by atoms with Crippen LogP contribution in [0.1, 0.15) is 51.9 Å². The van der Waals surface area contributed by atoms with Crippen molar-refractivity contribution in [1.82, 2.24) is 0 Å². The maximum Gasteiger partial charge on any atom is 0.311 e. The van der Waals surface area contributed by atoms with Crippen LogP contribution in [0.25, 0.3) is 0 Å². The van der Waals surface area contributed by atoms with Gasteiger partial charge in [0.2, 0.25) is 0 Å². The molecule has 0 aliphatic heterocycles. The van der Waals surface area contributed by atoms with Crippen LogP contribution in [0.2, 0.25) is 0 Å². The predicted octanol–water partition coefficient (Wildman–Crippen LogP) is 4.02. The molecule has 0 fully saturated rings. The Labute approximate surface area is 130 Å². The molecular formula is C17H23FO4. The van der Waals surface area contributed by atoms with Gasteiger partial charge in [-0.3, -0.25) is 9.59 Å². The smallest absolute Gasteiger partial charge is 0.311 e. The van der Waals surface area contributed by atoms with Gasteiger partial charge in [0.25, 0.3) is 0 Å². The molecule has 1 aromatic carbocycles. The summed E-state index contributed by atoms with van der Waals surface area (Å²) in [6, 6.07) is 5.38. The van der Waals surface area contributed by atoms with Crippen LogP contribution in [0, 0.1) is 5.82 Å². The second kappa shape index (κ2) is 10.8. The van der Waals surface area contributed by atoms with Crippen LogP contribution in [-0.4, -0.2) is 18.5 Å². The topological polar surface area (TPSA) is 52.6 Å². The lowest BCUT2D eigenvalue weighted by Gasteiger charge is -2.05. The molecule has 0 atom stereocenters. The van der Waals surface area contributed by atoms with Gasteiger partial charge in [-0.05, 0) is 25.0 Å². The summed E-state index contributed by atoms with van der Waals surface area (Å²) in [5.74, 6) is -1.07. The summed E-state index contributed by atoms with van der Waals surface area (Å²) in [5, 5.41) is 0. The minimum atomic E-state index is -0.485. The van der Waals surface area contributed by atoms with Gasteiger partial charge in [0.15, 0.2) is 0 Å². The number of carbonyl (C=O) groups is 2. The van der Waals surface area contributed by atoms with Crippen LogP contribution in [-0.2, 0) is 14.3 Å². The van der Waals surface area contributed by atoms with Crippen LogP contribution in [0.4, 0.5) is 4.39 Å². The molecule has 1 rings (SSSR count). The highest BCUT2D eigenvalue weighted by molar-refractivity contribution is 5.74. The van der Waals surface area contributed by atoms with E-state index in [1.54, 1.807) is 0 Å². The molecule has 0 saturated heterocycles. The van der Waals surface area contributed by atoms with Crippen molar-refractivity contribution in [2.24, 2.45) is 0 Å². The third-order valence-corrected chi connectivity index (χ3v) is 3.05. The maximum atomic E-state index is 12.9. The van der Waals surface area contributed by atoms with Crippen molar-refractivity contribution >= 4 is 11.9 Å². The summed E-state index contributed by atoms with van der Waals surface area (Å²) in [5.41, 5.74) is 0. The molecule has 0 heterocycles. The first-order valence-electron chi connectivity index (χ1n) is 7.73. The van der Waals surface area contributed by atoms with Crippen molar-refractivity contribution in [1.29, 1.82) is 0 Å². The first-order valence-corrected chi connectivity index (χ1v) is 7.73. The van der Waals surface area contributed by atoms with Crippen molar-refractivity contribution < 1.29 is 23.5 Å². The fraction of sp³-hybridized carbons (Fsp3) is 0.529. The molecule has 1 aromatic rings. The number of rotatable bonds is 10. The number of benzene rings is 1. The lowest BCUT2D eigenvalue weighted by atomic mass is 10.2. The fourth-order valence-electron chi connectivity index (χ4n) is 1.88. The summed E-state index contributed by atoms with van der Waals surface area (Å²) in [4.78, 5) is 23.0. The number of ether oxygens (including phenoxy) is 2. The standard InChI is InChI=1S/C17H23FO4/c1-2-3-4-5-12-21-16(19)10-7-11-17(20)22-15-9-6-8-14(18)13-15/h6,8-9,13H,2-5,7,10-12H2,1H3. The van der Waals surface area contributed by atoms with E-state index in [4.69, 9.17) is 9.47 Å². The molecule has 0 radical (unpaired) electrons. The van der Waals surface area contributed by atoms with Gasteiger partial charge in [-0.2, -0.15) is 0 Å². The van der Waals surface area contributed by atoms with Crippen molar-refractivity contribution in [3.8, 4) is 5.75 Å². The van der Waals surface area contributed by atoms with E-state index in [0.29, 0.717) is 13.0 Å². The van der Waals surface area contributed by atoms with E-state index in [1.165, 1.54) is 18.2 Å². The maximum absolute atomic E-state index is 12.9. The molecule has 4 nitrogen and oxygen atoms in total. The number of esters is 2. The highest BCUT2D eigenvalue weighted by atomic mass is 19.1. The molecule has 0 aliphatic rings. The molecule has 5 heteroatoms. The monoisotopic (exact) mass is 310 g/mol. The van der Waals surface area contributed by atoms with E-state index in [-0.39, 0.29) is 24.6 Å². The summed E-state index contributed by atoms with van der Waals surface area (Å²) in [7, 11) is 0. The van der Waals surface area contributed by atoms with E-state index < -0.39 is 11.8 Å². The van der Waals surface area contributed by atoms with E-state index in [2.05, 4.69) is 6.92 Å². The van der Waals surface area contributed by atoms with Crippen LogP contribution in [0.3, 0.4) is 0 Å². The van der Waals surface area contributed by atoms with Crippen LogP contribution in [0.15, 0.2) is 24.3 Å². The molecule has 122 valence electrons. The summed E-state index contributed by atoms with van der Waals surface area (Å²) >= 11 is 0. The molecule has 22 heavy (non-hydrogen) atoms. The van der Waals surface area contributed by atoms with Gasteiger partial charge in [-0.15, -0.1) is 0 Å². The lowest BCUT2D eigenvalue weighted by Crippen LogP contribution is -2.10. The highest BCUT2D eigenvalue weighted by Crippen LogP contribution is 2.13. The van der Waals surface area contributed by atoms with Crippen LogP contribution >= 0.6 is 0 Å². The van der Waals surface area contributed by atoms with Gasteiger partial charge in [0, 0.05) is 18.9 Å². The Morgan fingerprint density at radius 3 is 2.55 bits per heavy atom. The van der Waals surface area contributed by atoms with Gasteiger partial charge in [0.1, 0.15) is 11.6 Å².